The summed E-state index contributed by atoms with van der Waals surface area (Å²) in [5, 5.41) is 13.0. The Bertz CT molecular complexity index is 567. The molecule has 2 aromatic rings. The number of aliphatic hydroxyl groups excluding tert-OH is 1. The van der Waals surface area contributed by atoms with Crippen LogP contribution in [0.1, 0.15) is 19.1 Å². The molecule has 0 fully saturated rings. The minimum absolute atomic E-state index is 0.0971. The van der Waals surface area contributed by atoms with E-state index in [2.05, 4.69) is 21.2 Å². The molecular formula is C15H17BrClNO2. The Labute approximate surface area is 132 Å². The summed E-state index contributed by atoms with van der Waals surface area (Å²) in [5.74, 6) is 1.57. The van der Waals surface area contributed by atoms with Gasteiger partial charge < -0.3 is 14.8 Å². The average molecular weight is 359 g/mol. The number of rotatable bonds is 6. The third-order valence-electron chi connectivity index (χ3n) is 3.14. The van der Waals surface area contributed by atoms with Gasteiger partial charge in [0.15, 0.2) is 0 Å². The van der Waals surface area contributed by atoms with Gasteiger partial charge in [0.05, 0.1) is 18.2 Å². The van der Waals surface area contributed by atoms with E-state index in [4.69, 9.17) is 21.1 Å². The van der Waals surface area contributed by atoms with Crippen molar-refractivity contribution in [1.29, 1.82) is 0 Å². The van der Waals surface area contributed by atoms with Crippen molar-refractivity contribution in [1.82, 2.24) is 5.32 Å². The monoisotopic (exact) mass is 357 g/mol. The molecule has 0 spiro atoms. The zero-order valence-corrected chi connectivity index (χ0v) is 13.5. The van der Waals surface area contributed by atoms with Crippen LogP contribution in [0.25, 0.3) is 11.3 Å². The molecule has 0 amide bonds. The maximum atomic E-state index is 9.13. The van der Waals surface area contributed by atoms with Gasteiger partial charge in [0.25, 0.3) is 0 Å². The first-order chi connectivity index (χ1) is 9.63. The van der Waals surface area contributed by atoms with Crippen molar-refractivity contribution < 1.29 is 9.52 Å². The van der Waals surface area contributed by atoms with Crippen LogP contribution in [0.15, 0.2) is 39.2 Å². The largest absolute Gasteiger partial charge is 0.460 e. The fourth-order valence-corrected chi connectivity index (χ4v) is 2.66. The van der Waals surface area contributed by atoms with Gasteiger partial charge in [0, 0.05) is 16.1 Å². The van der Waals surface area contributed by atoms with Crippen molar-refractivity contribution >= 4 is 27.5 Å². The second-order valence-corrected chi connectivity index (χ2v) is 5.88. The van der Waals surface area contributed by atoms with Gasteiger partial charge in [-0.3, -0.25) is 0 Å². The quantitative estimate of drug-likeness (QED) is 0.812. The molecule has 0 aliphatic rings. The van der Waals surface area contributed by atoms with Crippen molar-refractivity contribution in [3.63, 3.8) is 0 Å². The summed E-state index contributed by atoms with van der Waals surface area (Å²) < 4.78 is 6.72. The fraction of sp³-hybridized carbons (Fsp3) is 0.333. The van der Waals surface area contributed by atoms with Crippen LogP contribution in [0, 0.1) is 0 Å². The van der Waals surface area contributed by atoms with Crippen molar-refractivity contribution in [2.45, 2.75) is 25.9 Å². The maximum absolute atomic E-state index is 9.13. The minimum atomic E-state index is 0.0971. The summed E-state index contributed by atoms with van der Waals surface area (Å²) in [6.07, 6.45) is 0.878. The molecule has 20 heavy (non-hydrogen) atoms. The maximum Gasteiger partial charge on any atom is 0.135 e. The van der Waals surface area contributed by atoms with Crippen molar-refractivity contribution in [2.24, 2.45) is 0 Å². The van der Waals surface area contributed by atoms with E-state index in [0.29, 0.717) is 11.6 Å². The third-order valence-corrected chi connectivity index (χ3v) is 3.94. The molecule has 1 aromatic heterocycles. The molecule has 0 radical (unpaired) electrons. The normalized spacial score (nSPS) is 12.6. The molecule has 1 aromatic carbocycles. The molecular weight excluding hydrogens is 342 g/mol. The lowest BCUT2D eigenvalue weighted by Gasteiger charge is -2.12. The molecule has 0 saturated carbocycles. The van der Waals surface area contributed by atoms with E-state index in [1.807, 2.05) is 37.3 Å². The molecule has 1 atom stereocenters. The van der Waals surface area contributed by atoms with E-state index in [0.717, 1.165) is 28.0 Å². The molecule has 5 heteroatoms. The lowest BCUT2D eigenvalue weighted by Crippen LogP contribution is -2.30. The molecule has 0 aliphatic carbocycles. The van der Waals surface area contributed by atoms with Gasteiger partial charge in [0.2, 0.25) is 0 Å². The SMILES string of the molecule is CC[C@@H](CO)NCc1ccc(-c2ccc(Br)cc2Cl)o1. The van der Waals surface area contributed by atoms with Gasteiger partial charge in [-0.2, -0.15) is 0 Å². The minimum Gasteiger partial charge on any atom is -0.460 e. The van der Waals surface area contributed by atoms with E-state index in [1.54, 1.807) is 0 Å². The summed E-state index contributed by atoms with van der Waals surface area (Å²) >= 11 is 9.59. The number of nitrogens with one attached hydrogen (secondary N) is 1. The van der Waals surface area contributed by atoms with Crippen molar-refractivity contribution in [3.8, 4) is 11.3 Å². The summed E-state index contributed by atoms with van der Waals surface area (Å²) in [6, 6.07) is 9.62. The number of hydrogen-bond acceptors (Lipinski definition) is 3. The smallest absolute Gasteiger partial charge is 0.135 e. The predicted molar refractivity (Wildman–Crippen MR) is 84.9 cm³/mol. The van der Waals surface area contributed by atoms with Gasteiger partial charge in [-0.25, -0.2) is 0 Å². The van der Waals surface area contributed by atoms with Gasteiger partial charge in [-0.15, -0.1) is 0 Å². The Hall–Kier alpha value is -0.810. The van der Waals surface area contributed by atoms with E-state index < -0.39 is 0 Å². The summed E-state index contributed by atoms with van der Waals surface area (Å²) in [6.45, 7) is 2.75. The zero-order valence-electron chi connectivity index (χ0n) is 11.2. The van der Waals surface area contributed by atoms with Crippen LogP contribution in [0.2, 0.25) is 5.02 Å². The van der Waals surface area contributed by atoms with Crippen LogP contribution in [0.3, 0.4) is 0 Å². The van der Waals surface area contributed by atoms with E-state index in [-0.39, 0.29) is 12.6 Å². The fourth-order valence-electron chi connectivity index (χ4n) is 1.89. The van der Waals surface area contributed by atoms with E-state index >= 15 is 0 Å². The first kappa shape index (κ1) is 15.6. The molecule has 3 nitrogen and oxygen atoms in total. The molecule has 0 bridgehead atoms. The van der Waals surface area contributed by atoms with Gasteiger partial charge in [0.1, 0.15) is 11.5 Å². The second kappa shape index (κ2) is 7.27. The number of hydrogen-bond donors (Lipinski definition) is 2. The molecule has 0 unspecified atom stereocenters. The first-order valence-corrected chi connectivity index (χ1v) is 7.69. The molecule has 1 heterocycles. The topological polar surface area (TPSA) is 45.4 Å². The van der Waals surface area contributed by atoms with Crippen LogP contribution in [-0.4, -0.2) is 17.8 Å². The summed E-state index contributed by atoms with van der Waals surface area (Å²) in [7, 11) is 0. The van der Waals surface area contributed by atoms with Crippen LogP contribution in [-0.2, 0) is 6.54 Å². The number of benzene rings is 1. The highest BCUT2D eigenvalue weighted by Crippen LogP contribution is 2.31. The summed E-state index contributed by atoms with van der Waals surface area (Å²) in [4.78, 5) is 0. The number of aliphatic hydroxyl groups is 1. The molecule has 108 valence electrons. The lowest BCUT2D eigenvalue weighted by atomic mass is 10.2. The molecule has 2 rings (SSSR count). The average Bonchev–Trinajstić information content (AvgIpc) is 2.88. The van der Waals surface area contributed by atoms with E-state index in [9.17, 15) is 0 Å². The number of halogens is 2. The number of furan rings is 1. The Morgan fingerprint density at radius 2 is 2.15 bits per heavy atom. The highest BCUT2D eigenvalue weighted by molar-refractivity contribution is 9.10. The Kier molecular flexibility index (Phi) is 5.66. The standard InChI is InChI=1S/C15H17BrClNO2/c1-2-11(9-19)18-8-12-4-6-15(20-12)13-5-3-10(16)7-14(13)17/h3-7,11,18-19H,2,8-9H2,1H3/t11-/m0/s1. The van der Waals surface area contributed by atoms with Crippen LogP contribution >= 0.6 is 27.5 Å². The third kappa shape index (κ3) is 3.85. The van der Waals surface area contributed by atoms with Crippen LogP contribution in [0.5, 0.6) is 0 Å². The lowest BCUT2D eigenvalue weighted by molar-refractivity contribution is 0.235. The van der Waals surface area contributed by atoms with Gasteiger partial charge in [-0.05, 0) is 36.8 Å². The van der Waals surface area contributed by atoms with Crippen LogP contribution < -0.4 is 5.32 Å². The molecule has 0 aliphatic heterocycles. The molecule has 2 N–H and O–H groups in total. The van der Waals surface area contributed by atoms with Crippen molar-refractivity contribution in [2.75, 3.05) is 6.61 Å². The Morgan fingerprint density at radius 3 is 2.80 bits per heavy atom. The highest BCUT2D eigenvalue weighted by Gasteiger charge is 2.10. The zero-order chi connectivity index (χ0) is 14.5. The van der Waals surface area contributed by atoms with E-state index in [1.165, 1.54) is 0 Å². The predicted octanol–water partition coefficient (Wildman–Crippen LogP) is 4.22. The Balaban J connectivity index is 2.08. The Morgan fingerprint density at radius 1 is 1.35 bits per heavy atom. The summed E-state index contributed by atoms with van der Waals surface area (Å²) in [5.41, 5.74) is 0.871. The highest BCUT2D eigenvalue weighted by atomic mass is 79.9. The molecule has 0 saturated heterocycles. The van der Waals surface area contributed by atoms with Crippen molar-refractivity contribution in [3.05, 3.63) is 45.6 Å². The second-order valence-electron chi connectivity index (χ2n) is 4.56. The first-order valence-electron chi connectivity index (χ1n) is 6.52. The van der Waals surface area contributed by atoms with Gasteiger partial charge >= 0.3 is 0 Å². The van der Waals surface area contributed by atoms with Gasteiger partial charge in [-0.1, -0.05) is 34.5 Å². The van der Waals surface area contributed by atoms with Crippen LogP contribution in [0.4, 0.5) is 0 Å².